The number of amides is 1. The van der Waals surface area contributed by atoms with E-state index < -0.39 is 0 Å². The van der Waals surface area contributed by atoms with Gasteiger partial charge >= 0.3 is 0 Å². The van der Waals surface area contributed by atoms with Gasteiger partial charge in [0.05, 0.1) is 5.69 Å². The van der Waals surface area contributed by atoms with E-state index in [9.17, 15) is 9.18 Å². The summed E-state index contributed by atoms with van der Waals surface area (Å²) in [7, 11) is 0. The molecule has 0 spiro atoms. The zero-order chi connectivity index (χ0) is 9.68. The summed E-state index contributed by atoms with van der Waals surface area (Å²) in [6.45, 7) is 0. The quantitative estimate of drug-likeness (QED) is 0.576. The number of alkyl halides is 1. The number of nitrogens with one attached hydrogen (secondary N) is 2. The number of hydrogen-bond acceptors (Lipinski definition) is 2. The molecule has 2 N–H and O–H groups in total. The van der Waals surface area contributed by atoms with Crippen molar-refractivity contribution in [3.63, 3.8) is 0 Å². The van der Waals surface area contributed by atoms with Crippen molar-refractivity contribution < 1.29 is 9.18 Å². The highest BCUT2D eigenvalue weighted by Gasteiger charge is 1.96. The molecule has 0 aliphatic carbocycles. The van der Waals surface area contributed by atoms with Gasteiger partial charge < -0.3 is 0 Å². The molecule has 0 fully saturated rings. The number of carbonyl (C=O) groups is 1. The third kappa shape index (κ3) is 3.29. The van der Waals surface area contributed by atoms with Gasteiger partial charge in [-0.2, -0.15) is 0 Å². The molecule has 0 radical (unpaired) electrons. The monoisotopic (exact) mass is 202 g/mol. The van der Waals surface area contributed by atoms with Crippen molar-refractivity contribution in [1.29, 1.82) is 0 Å². The highest BCUT2D eigenvalue weighted by Crippen LogP contribution is 2.06. The molecule has 0 unspecified atom stereocenters. The van der Waals surface area contributed by atoms with Crippen LogP contribution in [0.25, 0.3) is 0 Å². The van der Waals surface area contributed by atoms with E-state index in [2.05, 4.69) is 10.9 Å². The van der Waals surface area contributed by atoms with Crippen LogP contribution in [-0.2, 0) is 4.79 Å². The van der Waals surface area contributed by atoms with E-state index in [1.807, 2.05) is 0 Å². The molecule has 0 aliphatic rings. The van der Waals surface area contributed by atoms with Crippen LogP contribution in [0.2, 0.25) is 0 Å². The van der Waals surface area contributed by atoms with E-state index in [4.69, 9.17) is 11.6 Å². The summed E-state index contributed by atoms with van der Waals surface area (Å²) >= 11 is 5.23. The average molecular weight is 203 g/mol. The van der Waals surface area contributed by atoms with Crippen LogP contribution in [0, 0.1) is 5.82 Å². The minimum absolute atomic E-state index is 0.117. The van der Waals surface area contributed by atoms with E-state index in [1.54, 1.807) is 0 Å². The van der Waals surface area contributed by atoms with Gasteiger partial charge in [-0.25, -0.2) is 4.39 Å². The maximum Gasteiger partial charge on any atom is 0.253 e. The topological polar surface area (TPSA) is 41.1 Å². The molecular weight excluding hydrogens is 195 g/mol. The molecule has 1 rings (SSSR count). The molecular formula is C8H8ClFN2O. The molecule has 1 amide bonds. The van der Waals surface area contributed by atoms with Crippen molar-refractivity contribution in [2.24, 2.45) is 0 Å². The molecule has 0 saturated carbocycles. The van der Waals surface area contributed by atoms with Crippen LogP contribution >= 0.6 is 11.6 Å². The van der Waals surface area contributed by atoms with Gasteiger partial charge in [-0.15, -0.1) is 11.6 Å². The number of benzene rings is 1. The molecule has 70 valence electrons. The fourth-order valence-corrected chi connectivity index (χ4v) is 0.775. The second-order valence-electron chi connectivity index (χ2n) is 2.31. The summed E-state index contributed by atoms with van der Waals surface area (Å²) in [4.78, 5) is 10.7. The van der Waals surface area contributed by atoms with Crippen molar-refractivity contribution >= 4 is 23.2 Å². The van der Waals surface area contributed by atoms with Crippen molar-refractivity contribution in [2.75, 3.05) is 11.3 Å². The number of hydrazine groups is 1. The van der Waals surface area contributed by atoms with E-state index >= 15 is 0 Å². The van der Waals surface area contributed by atoms with Crippen molar-refractivity contribution in [1.82, 2.24) is 5.43 Å². The molecule has 0 aliphatic heterocycles. The zero-order valence-corrected chi connectivity index (χ0v) is 7.44. The molecule has 0 bridgehead atoms. The Balaban J connectivity index is 2.46. The third-order valence-electron chi connectivity index (χ3n) is 1.31. The van der Waals surface area contributed by atoms with Gasteiger partial charge in [0.15, 0.2) is 0 Å². The van der Waals surface area contributed by atoms with Crippen molar-refractivity contribution in [3.8, 4) is 0 Å². The predicted molar refractivity (Wildman–Crippen MR) is 48.9 cm³/mol. The van der Waals surface area contributed by atoms with Gasteiger partial charge in [-0.3, -0.25) is 15.6 Å². The van der Waals surface area contributed by atoms with E-state index in [1.165, 1.54) is 24.3 Å². The van der Waals surface area contributed by atoms with Crippen LogP contribution in [0.5, 0.6) is 0 Å². The Kier molecular flexibility index (Phi) is 3.52. The van der Waals surface area contributed by atoms with Crippen LogP contribution in [0.3, 0.4) is 0 Å². The maximum atomic E-state index is 12.4. The lowest BCUT2D eigenvalue weighted by molar-refractivity contribution is -0.118. The van der Waals surface area contributed by atoms with Gasteiger partial charge in [-0.1, -0.05) is 0 Å². The number of anilines is 1. The first-order valence-electron chi connectivity index (χ1n) is 3.59. The Bertz CT molecular complexity index is 289. The lowest BCUT2D eigenvalue weighted by Crippen LogP contribution is -2.30. The van der Waals surface area contributed by atoms with Gasteiger partial charge in [0, 0.05) is 0 Å². The fraction of sp³-hybridized carbons (Fsp3) is 0.125. The van der Waals surface area contributed by atoms with E-state index in [-0.39, 0.29) is 17.6 Å². The molecule has 1 aromatic rings. The highest BCUT2D eigenvalue weighted by molar-refractivity contribution is 6.27. The fourth-order valence-electron chi connectivity index (χ4n) is 0.709. The van der Waals surface area contributed by atoms with Gasteiger partial charge in [0.2, 0.25) is 0 Å². The lowest BCUT2D eigenvalue weighted by atomic mass is 10.3. The second-order valence-corrected chi connectivity index (χ2v) is 2.58. The Labute approximate surface area is 79.9 Å². The lowest BCUT2D eigenvalue weighted by Gasteiger charge is -2.05. The van der Waals surface area contributed by atoms with Gasteiger partial charge in [-0.05, 0) is 24.3 Å². The Morgan fingerprint density at radius 1 is 1.38 bits per heavy atom. The summed E-state index contributed by atoms with van der Waals surface area (Å²) in [6, 6.07) is 5.58. The molecule has 0 saturated heterocycles. The first-order valence-corrected chi connectivity index (χ1v) is 4.12. The summed E-state index contributed by atoms with van der Waals surface area (Å²) in [5, 5.41) is 0. The minimum Gasteiger partial charge on any atom is -0.299 e. The molecule has 0 atom stereocenters. The van der Waals surface area contributed by atoms with Crippen LogP contribution in [0.4, 0.5) is 10.1 Å². The molecule has 3 nitrogen and oxygen atoms in total. The van der Waals surface area contributed by atoms with Gasteiger partial charge in [0.1, 0.15) is 11.7 Å². The summed E-state index contributed by atoms with van der Waals surface area (Å²) in [5.74, 6) is -0.783. The highest BCUT2D eigenvalue weighted by atomic mass is 35.5. The van der Waals surface area contributed by atoms with Crippen molar-refractivity contribution in [3.05, 3.63) is 30.1 Å². The van der Waals surface area contributed by atoms with Crippen molar-refractivity contribution in [2.45, 2.75) is 0 Å². The largest absolute Gasteiger partial charge is 0.299 e. The number of rotatable bonds is 3. The smallest absolute Gasteiger partial charge is 0.253 e. The molecule has 1 aromatic carbocycles. The average Bonchev–Trinajstić information content (AvgIpc) is 2.16. The molecule has 13 heavy (non-hydrogen) atoms. The Hall–Kier alpha value is -1.29. The van der Waals surface area contributed by atoms with Crippen LogP contribution in [-0.4, -0.2) is 11.8 Å². The summed E-state index contributed by atoms with van der Waals surface area (Å²) in [6.07, 6.45) is 0. The minimum atomic E-state index is -0.342. The number of halogens is 2. The van der Waals surface area contributed by atoms with Crippen LogP contribution < -0.4 is 10.9 Å². The Morgan fingerprint density at radius 2 is 2.00 bits per heavy atom. The van der Waals surface area contributed by atoms with Gasteiger partial charge in [0.25, 0.3) is 5.91 Å². The normalized spacial score (nSPS) is 9.38. The zero-order valence-electron chi connectivity index (χ0n) is 6.68. The predicted octanol–water partition coefficient (Wildman–Crippen LogP) is 1.51. The van der Waals surface area contributed by atoms with E-state index in [0.29, 0.717) is 5.69 Å². The van der Waals surface area contributed by atoms with Crippen LogP contribution in [0.15, 0.2) is 24.3 Å². The summed E-state index contributed by atoms with van der Waals surface area (Å²) in [5.41, 5.74) is 5.49. The molecule has 5 heteroatoms. The molecule has 0 heterocycles. The van der Waals surface area contributed by atoms with Crippen LogP contribution in [0.1, 0.15) is 0 Å². The first-order chi connectivity index (χ1) is 6.22. The third-order valence-corrected chi connectivity index (χ3v) is 1.55. The number of hydrogen-bond donors (Lipinski definition) is 2. The SMILES string of the molecule is O=C(CCl)NNc1ccc(F)cc1. The molecule has 0 aromatic heterocycles. The standard InChI is InChI=1S/C8H8ClFN2O/c9-5-8(13)12-11-7-3-1-6(10)2-4-7/h1-4,11H,5H2,(H,12,13). The maximum absolute atomic E-state index is 12.4. The summed E-state index contributed by atoms with van der Waals surface area (Å²) < 4.78 is 12.4. The second kappa shape index (κ2) is 4.67. The number of carbonyl (C=O) groups excluding carboxylic acids is 1. The van der Waals surface area contributed by atoms with E-state index in [0.717, 1.165) is 0 Å². The Morgan fingerprint density at radius 3 is 2.54 bits per heavy atom. The first kappa shape index (κ1) is 9.80.